The molecule has 5 nitrogen and oxygen atoms in total. The lowest BCUT2D eigenvalue weighted by molar-refractivity contribution is -0.130. The number of hydrogen-bond donors (Lipinski definition) is 2. The molecule has 1 aliphatic rings. The summed E-state index contributed by atoms with van der Waals surface area (Å²) in [5.41, 5.74) is -0.625. The number of rotatable bonds is 4. The minimum absolute atomic E-state index is 0.114. The number of benzene rings is 1. The second-order valence-electron chi connectivity index (χ2n) is 5.16. The van der Waals surface area contributed by atoms with E-state index in [0.29, 0.717) is 19.4 Å². The van der Waals surface area contributed by atoms with E-state index >= 15 is 0 Å². The predicted molar refractivity (Wildman–Crippen MR) is 76.6 cm³/mol. The molecule has 1 unspecified atom stereocenters. The molecule has 1 heterocycles. The van der Waals surface area contributed by atoms with Crippen LogP contribution in [0.4, 0.5) is 0 Å². The van der Waals surface area contributed by atoms with Crippen molar-refractivity contribution in [1.29, 1.82) is 0 Å². The largest absolute Gasteiger partial charge is 0.316 e. The van der Waals surface area contributed by atoms with E-state index in [-0.39, 0.29) is 4.90 Å². The SMILES string of the molecule is CCC1(C(=O)NS(=O)(=O)c2ccccc2)CCCNC1. The molecule has 1 saturated heterocycles. The van der Waals surface area contributed by atoms with Gasteiger partial charge in [0, 0.05) is 6.54 Å². The van der Waals surface area contributed by atoms with E-state index < -0.39 is 21.3 Å². The molecular weight excluding hydrogens is 276 g/mol. The van der Waals surface area contributed by atoms with E-state index in [4.69, 9.17) is 0 Å². The van der Waals surface area contributed by atoms with Gasteiger partial charge >= 0.3 is 0 Å². The molecule has 1 aromatic rings. The molecule has 110 valence electrons. The first-order chi connectivity index (χ1) is 9.50. The van der Waals surface area contributed by atoms with Crippen molar-refractivity contribution in [3.63, 3.8) is 0 Å². The van der Waals surface area contributed by atoms with E-state index in [0.717, 1.165) is 13.0 Å². The maximum Gasteiger partial charge on any atom is 0.264 e. The topological polar surface area (TPSA) is 75.3 Å². The fourth-order valence-electron chi connectivity index (χ4n) is 2.51. The number of carbonyl (C=O) groups is 1. The Bertz CT molecular complexity index is 563. The zero-order valence-corrected chi connectivity index (χ0v) is 12.4. The Hall–Kier alpha value is -1.40. The van der Waals surface area contributed by atoms with Crippen molar-refractivity contribution in [2.24, 2.45) is 5.41 Å². The summed E-state index contributed by atoms with van der Waals surface area (Å²) in [4.78, 5) is 12.5. The van der Waals surface area contributed by atoms with E-state index in [9.17, 15) is 13.2 Å². The molecule has 1 aliphatic heterocycles. The van der Waals surface area contributed by atoms with Crippen molar-refractivity contribution in [3.05, 3.63) is 30.3 Å². The van der Waals surface area contributed by atoms with Crippen molar-refractivity contribution >= 4 is 15.9 Å². The third kappa shape index (κ3) is 3.02. The van der Waals surface area contributed by atoms with E-state index in [2.05, 4.69) is 10.0 Å². The van der Waals surface area contributed by atoms with E-state index in [1.54, 1.807) is 18.2 Å². The van der Waals surface area contributed by atoms with Crippen LogP contribution in [0.15, 0.2) is 35.2 Å². The molecule has 0 aliphatic carbocycles. The van der Waals surface area contributed by atoms with Gasteiger partial charge in [-0.05, 0) is 37.9 Å². The molecular formula is C14H20N2O3S. The summed E-state index contributed by atoms with van der Waals surface area (Å²) in [6, 6.07) is 7.97. The number of sulfonamides is 1. The monoisotopic (exact) mass is 296 g/mol. The Morgan fingerprint density at radius 3 is 2.60 bits per heavy atom. The summed E-state index contributed by atoms with van der Waals surface area (Å²) in [7, 11) is -3.78. The summed E-state index contributed by atoms with van der Waals surface area (Å²) >= 11 is 0. The van der Waals surface area contributed by atoms with Crippen LogP contribution in [0.3, 0.4) is 0 Å². The molecule has 1 atom stereocenters. The maximum atomic E-state index is 12.4. The Balaban J connectivity index is 2.18. The van der Waals surface area contributed by atoms with Crippen LogP contribution in [0.1, 0.15) is 26.2 Å². The second kappa shape index (κ2) is 5.93. The van der Waals surface area contributed by atoms with Crippen LogP contribution in [-0.2, 0) is 14.8 Å². The second-order valence-corrected chi connectivity index (χ2v) is 6.84. The van der Waals surface area contributed by atoms with E-state index in [1.165, 1.54) is 12.1 Å². The molecule has 2 rings (SSSR count). The fraction of sp³-hybridized carbons (Fsp3) is 0.500. The van der Waals surface area contributed by atoms with Crippen LogP contribution in [0.25, 0.3) is 0 Å². The van der Waals surface area contributed by atoms with E-state index in [1.807, 2.05) is 6.92 Å². The zero-order chi connectivity index (χ0) is 14.6. The van der Waals surface area contributed by atoms with Gasteiger partial charge in [0.1, 0.15) is 0 Å². The number of carbonyl (C=O) groups excluding carboxylic acids is 1. The highest BCUT2D eigenvalue weighted by Crippen LogP contribution is 2.30. The fourth-order valence-corrected chi connectivity index (χ4v) is 3.61. The average molecular weight is 296 g/mol. The number of hydrogen-bond acceptors (Lipinski definition) is 4. The van der Waals surface area contributed by atoms with Gasteiger partial charge in [-0.25, -0.2) is 13.1 Å². The smallest absolute Gasteiger partial charge is 0.264 e. The van der Waals surface area contributed by atoms with Gasteiger partial charge in [0.05, 0.1) is 10.3 Å². The molecule has 1 amide bonds. The lowest BCUT2D eigenvalue weighted by Gasteiger charge is -2.35. The first-order valence-corrected chi connectivity index (χ1v) is 8.31. The van der Waals surface area contributed by atoms with Crippen LogP contribution >= 0.6 is 0 Å². The maximum absolute atomic E-state index is 12.4. The minimum Gasteiger partial charge on any atom is -0.316 e. The molecule has 1 fully saturated rings. The Morgan fingerprint density at radius 1 is 1.35 bits per heavy atom. The van der Waals surface area contributed by atoms with Gasteiger partial charge in [-0.3, -0.25) is 4.79 Å². The molecule has 2 N–H and O–H groups in total. The van der Waals surface area contributed by atoms with Gasteiger partial charge in [-0.15, -0.1) is 0 Å². The average Bonchev–Trinajstić information content (AvgIpc) is 2.48. The van der Waals surface area contributed by atoms with Crippen LogP contribution in [0.5, 0.6) is 0 Å². The van der Waals surface area contributed by atoms with Gasteiger partial charge in [0.2, 0.25) is 5.91 Å². The van der Waals surface area contributed by atoms with Crippen molar-refractivity contribution in [2.45, 2.75) is 31.1 Å². The Labute approximate surface area is 119 Å². The third-order valence-electron chi connectivity index (χ3n) is 3.91. The highest BCUT2D eigenvalue weighted by atomic mass is 32.2. The molecule has 0 bridgehead atoms. The van der Waals surface area contributed by atoms with Crippen molar-refractivity contribution in [1.82, 2.24) is 10.0 Å². The van der Waals surface area contributed by atoms with Crippen LogP contribution < -0.4 is 10.0 Å². The number of nitrogens with one attached hydrogen (secondary N) is 2. The van der Waals surface area contributed by atoms with Gasteiger partial charge in [-0.2, -0.15) is 0 Å². The summed E-state index contributed by atoms with van der Waals surface area (Å²) in [5.74, 6) is -0.406. The Kier molecular flexibility index (Phi) is 4.45. The predicted octanol–water partition coefficient (Wildman–Crippen LogP) is 1.27. The zero-order valence-electron chi connectivity index (χ0n) is 11.6. The highest BCUT2D eigenvalue weighted by Gasteiger charge is 2.39. The van der Waals surface area contributed by atoms with Crippen molar-refractivity contribution < 1.29 is 13.2 Å². The molecule has 0 radical (unpaired) electrons. The van der Waals surface area contributed by atoms with Gasteiger partial charge in [-0.1, -0.05) is 25.1 Å². The van der Waals surface area contributed by atoms with Crippen molar-refractivity contribution in [2.75, 3.05) is 13.1 Å². The third-order valence-corrected chi connectivity index (χ3v) is 5.26. The first kappa shape index (κ1) is 15.0. The molecule has 20 heavy (non-hydrogen) atoms. The molecule has 0 saturated carbocycles. The molecule has 1 aromatic carbocycles. The summed E-state index contributed by atoms with van der Waals surface area (Å²) in [5, 5.41) is 3.18. The van der Waals surface area contributed by atoms with Gasteiger partial charge in [0.15, 0.2) is 0 Å². The quantitative estimate of drug-likeness (QED) is 0.877. The van der Waals surface area contributed by atoms with Crippen LogP contribution in [0, 0.1) is 5.41 Å². The van der Waals surface area contributed by atoms with Crippen LogP contribution in [0.2, 0.25) is 0 Å². The lowest BCUT2D eigenvalue weighted by Crippen LogP contribution is -2.51. The van der Waals surface area contributed by atoms with Gasteiger partial charge < -0.3 is 5.32 Å². The molecule has 0 spiro atoms. The lowest BCUT2D eigenvalue weighted by atomic mass is 9.78. The highest BCUT2D eigenvalue weighted by molar-refractivity contribution is 7.90. The normalized spacial score (nSPS) is 23.2. The van der Waals surface area contributed by atoms with Crippen LogP contribution in [-0.4, -0.2) is 27.4 Å². The van der Waals surface area contributed by atoms with Crippen molar-refractivity contribution in [3.8, 4) is 0 Å². The number of piperidine rings is 1. The summed E-state index contributed by atoms with van der Waals surface area (Å²) < 4.78 is 26.6. The number of amides is 1. The minimum atomic E-state index is -3.78. The first-order valence-electron chi connectivity index (χ1n) is 6.83. The standard InChI is InChI=1S/C14H20N2O3S/c1-2-14(9-6-10-15-11-14)13(17)16-20(18,19)12-7-4-3-5-8-12/h3-5,7-8,15H,2,6,9-11H2,1H3,(H,16,17). The molecule has 6 heteroatoms. The molecule has 0 aromatic heterocycles. The Morgan fingerprint density at radius 2 is 2.05 bits per heavy atom. The summed E-state index contributed by atoms with van der Waals surface area (Å²) in [6.45, 7) is 3.32. The van der Waals surface area contributed by atoms with Gasteiger partial charge in [0.25, 0.3) is 10.0 Å². The summed E-state index contributed by atoms with van der Waals surface area (Å²) in [6.07, 6.45) is 2.22.